The second-order valence-corrected chi connectivity index (χ2v) is 2.87. The van der Waals surface area contributed by atoms with E-state index in [9.17, 15) is 8.78 Å². The first-order valence-electron chi connectivity index (χ1n) is 3.78. The molecule has 1 aromatic rings. The maximum absolute atomic E-state index is 13.0. The van der Waals surface area contributed by atoms with E-state index in [1.165, 1.54) is 0 Å². The van der Waals surface area contributed by atoms with E-state index in [0.29, 0.717) is 13.1 Å². The van der Waals surface area contributed by atoms with Crippen molar-refractivity contribution < 1.29 is 8.78 Å². The average molecular weight is 170 g/mol. The van der Waals surface area contributed by atoms with Gasteiger partial charge in [0.15, 0.2) is 0 Å². The van der Waals surface area contributed by atoms with Crippen LogP contribution in [0.5, 0.6) is 0 Å². The third-order valence-electron chi connectivity index (χ3n) is 2.08. The molecule has 0 atom stereocenters. The fourth-order valence-corrected chi connectivity index (χ4v) is 1.30. The van der Waals surface area contributed by atoms with Gasteiger partial charge in [-0.1, -0.05) is 0 Å². The highest BCUT2D eigenvalue weighted by Gasteiger charge is 2.25. The van der Waals surface area contributed by atoms with Crippen molar-refractivity contribution in [1.82, 2.24) is 10.3 Å². The molecule has 0 amide bonds. The minimum Gasteiger partial charge on any atom is -0.315 e. The zero-order valence-electron chi connectivity index (χ0n) is 6.35. The van der Waals surface area contributed by atoms with Crippen LogP contribution in [0.15, 0.2) is 12.4 Å². The molecule has 1 aliphatic heterocycles. The van der Waals surface area contributed by atoms with Crippen molar-refractivity contribution in [2.75, 3.05) is 13.1 Å². The Hall–Kier alpha value is -1.03. The minimum atomic E-state index is -0.540. The molecular weight excluding hydrogens is 162 g/mol. The van der Waals surface area contributed by atoms with Crippen LogP contribution in [0.4, 0.5) is 8.78 Å². The Morgan fingerprint density at radius 1 is 1.25 bits per heavy atom. The topological polar surface area (TPSA) is 24.9 Å². The Labute approximate surface area is 68.6 Å². The molecule has 1 N–H and O–H groups in total. The molecule has 0 radical (unpaired) electrons. The van der Waals surface area contributed by atoms with E-state index in [1.807, 2.05) is 0 Å². The summed E-state index contributed by atoms with van der Waals surface area (Å²) >= 11 is 0. The average Bonchev–Trinajstić information content (AvgIpc) is 1.93. The van der Waals surface area contributed by atoms with Gasteiger partial charge in [-0.05, 0) is 0 Å². The number of hydrogen-bond acceptors (Lipinski definition) is 2. The highest BCUT2D eigenvalue weighted by molar-refractivity contribution is 5.23. The summed E-state index contributed by atoms with van der Waals surface area (Å²) in [6.07, 6.45) is 2.10. The van der Waals surface area contributed by atoms with Crippen LogP contribution in [0.2, 0.25) is 0 Å². The lowest BCUT2D eigenvalue weighted by atomic mass is 9.94. The summed E-state index contributed by atoms with van der Waals surface area (Å²) in [6, 6.07) is 0. The molecule has 1 saturated heterocycles. The lowest BCUT2D eigenvalue weighted by Gasteiger charge is -2.27. The first-order valence-corrected chi connectivity index (χ1v) is 3.78. The number of nitrogens with one attached hydrogen (secondary N) is 1. The van der Waals surface area contributed by atoms with E-state index in [-0.39, 0.29) is 11.5 Å². The van der Waals surface area contributed by atoms with Crippen molar-refractivity contribution in [3.63, 3.8) is 0 Å². The van der Waals surface area contributed by atoms with E-state index in [2.05, 4.69) is 10.3 Å². The molecule has 0 aromatic carbocycles. The van der Waals surface area contributed by atoms with E-state index >= 15 is 0 Å². The van der Waals surface area contributed by atoms with Crippen molar-refractivity contribution in [2.24, 2.45) is 0 Å². The number of nitrogens with zero attached hydrogens (tertiary/aromatic N) is 1. The van der Waals surface area contributed by atoms with Crippen molar-refractivity contribution >= 4 is 0 Å². The van der Waals surface area contributed by atoms with Crippen LogP contribution in [-0.2, 0) is 0 Å². The number of halogens is 2. The van der Waals surface area contributed by atoms with Gasteiger partial charge in [-0.25, -0.2) is 8.78 Å². The van der Waals surface area contributed by atoms with Gasteiger partial charge in [-0.15, -0.1) is 0 Å². The van der Waals surface area contributed by atoms with Crippen LogP contribution in [0.3, 0.4) is 0 Å². The van der Waals surface area contributed by atoms with E-state index in [4.69, 9.17) is 0 Å². The van der Waals surface area contributed by atoms with E-state index in [1.54, 1.807) is 0 Å². The van der Waals surface area contributed by atoms with Crippen LogP contribution in [0.25, 0.3) is 0 Å². The van der Waals surface area contributed by atoms with Crippen LogP contribution < -0.4 is 5.32 Å². The fraction of sp³-hybridized carbons (Fsp3) is 0.375. The number of rotatable bonds is 1. The van der Waals surface area contributed by atoms with E-state index in [0.717, 1.165) is 12.4 Å². The summed E-state index contributed by atoms with van der Waals surface area (Å²) in [7, 11) is 0. The summed E-state index contributed by atoms with van der Waals surface area (Å²) in [5.41, 5.74) is 0.170. The van der Waals surface area contributed by atoms with Gasteiger partial charge in [0.1, 0.15) is 11.6 Å². The number of pyridine rings is 1. The molecule has 12 heavy (non-hydrogen) atoms. The molecule has 0 bridgehead atoms. The molecule has 64 valence electrons. The van der Waals surface area contributed by atoms with Gasteiger partial charge in [0.2, 0.25) is 0 Å². The zero-order chi connectivity index (χ0) is 8.55. The molecule has 2 rings (SSSR count). The second-order valence-electron chi connectivity index (χ2n) is 2.87. The number of hydrogen-bond donors (Lipinski definition) is 1. The molecule has 4 heteroatoms. The lowest BCUT2D eigenvalue weighted by Crippen LogP contribution is -2.40. The molecule has 1 aliphatic rings. The first-order chi connectivity index (χ1) is 5.79. The SMILES string of the molecule is Fc1cncc(F)c1C1CNC1. The quantitative estimate of drug-likeness (QED) is 0.681. The second kappa shape index (κ2) is 2.79. The molecule has 0 aliphatic carbocycles. The molecule has 0 spiro atoms. The molecule has 1 aromatic heterocycles. The molecule has 0 unspecified atom stereocenters. The van der Waals surface area contributed by atoms with Crippen LogP contribution >= 0.6 is 0 Å². The number of aromatic nitrogens is 1. The molecule has 2 heterocycles. The minimum absolute atomic E-state index is 0.0204. The van der Waals surface area contributed by atoms with E-state index < -0.39 is 11.6 Å². The third kappa shape index (κ3) is 1.08. The molecule has 1 fully saturated rings. The Morgan fingerprint density at radius 3 is 2.25 bits per heavy atom. The third-order valence-corrected chi connectivity index (χ3v) is 2.08. The summed E-state index contributed by atoms with van der Waals surface area (Å²) in [6.45, 7) is 1.30. The van der Waals surface area contributed by atoms with Gasteiger partial charge < -0.3 is 5.32 Å². The standard InChI is InChI=1S/C8H8F2N2/c9-6-3-12-4-7(10)8(6)5-1-11-2-5/h3-5,11H,1-2H2. The monoisotopic (exact) mass is 170 g/mol. The predicted octanol–water partition coefficient (Wildman–Crippen LogP) is 1.05. The Balaban J connectivity index is 2.39. The van der Waals surface area contributed by atoms with Crippen LogP contribution in [-0.4, -0.2) is 18.1 Å². The van der Waals surface area contributed by atoms with Crippen LogP contribution in [0, 0.1) is 11.6 Å². The largest absolute Gasteiger partial charge is 0.315 e. The van der Waals surface area contributed by atoms with Crippen LogP contribution in [0.1, 0.15) is 11.5 Å². The zero-order valence-corrected chi connectivity index (χ0v) is 6.35. The van der Waals surface area contributed by atoms with Crippen molar-refractivity contribution in [1.29, 1.82) is 0 Å². The van der Waals surface area contributed by atoms with Gasteiger partial charge in [0.25, 0.3) is 0 Å². The highest BCUT2D eigenvalue weighted by Crippen LogP contribution is 2.24. The fourth-order valence-electron chi connectivity index (χ4n) is 1.30. The van der Waals surface area contributed by atoms with Crippen molar-refractivity contribution in [3.05, 3.63) is 29.6 Å². The normalized spacial score (nSPS) is 17.5. The summed E-state index contributed by atoms with van der Waals surface area (Å²) in [5, 5.41) is 2.96. The highest BCUT2D eigenvalue weighted by atomic mass is 19.1. The van der Waals surface area contributed by atoms with Crippen molar-refractivity contribution in [2.45, 2.75) is 5.92 Å². The van der Waals surface area contributed by atoms with Crippen molar-refractivity contribution in [3.8, 4) is 0 Å². The van der Waals surface area contributed by atoms with Gasteiger partial charge >= 0.3 is 0 Å². The summed E-state index contributed by atoms with van der Waals surface area (Å²) in [4.78, 5) is 3.41. The van der Waals surface area contributed by atoms with Gasteiger partial charge in [-0.2, -0.15) is 0 Å². The Kier molecular flexibility index (Phi) is 1.77. The Bertz CT molecular complexity index is 277. The maximum atomic E-state index is 13.0. The smallest absolute Gasteiger partial charge is 0.147 e. The lowest BCUT2D eigenvalue weighted by molar-refractivity contribution is 0.409. The summed E-state index contributed by atoms with van der Waals surface area (Å²) in [5.74, 6) is -1.10. The van der Waals surface area contributed by atoms with Gasteiger partial charge in [0, 0.05) is 24.6 Å². The predicted molar refractivity (Wildman–Crippen MR) is 39.8 cm³/mol. The summed E-state index contributed by atoms with van der Waals surface area (Å²) < 4.78 is 26.0. The Morgan fingerprint density at radius 2 is 1.83 bits per heavy atom. The van der Waals surface area contributed by atoms with Gasteiger partial charge in [-0.3, -0.25) is 4.98 Å². The molecule has 0 saturated carbocycles. The first kappa shape index (κ1) is 7.61. The maximum Gasteiger partial charge on any atom is 0.147 e. The molecular formula is C8H8F2N2. The molecule has 2 nitrogen and oxygen atoms in total. The van der Waals surface area contributed by atoms with Gasteiger partial charge in [0.05, 0.1) is 12.4 Å².